The molecule has 18 heavy (non-hydrogen) atoms. The summed E-state index contributed by atoms with van der Waals surface area (Å²) in [6.45, 7) is 1.79. The fraction of sp³-hybridized carbons (Fsp3) is 0.333. The van der Waals surface area contributed by atoms with Gasteiger partial charge < -0.3 is 15.2 Å². The molecule has 98 valence electrons. The number of benzene rings is 1. The SMILES string of the molecule is COC(CNC(=O)c1cccc(C)c1Br)C(=O)O. The monoisotopic (exact) mass is 315 g/mol. The van der Waals surface area contributed by atoms with Gasteiger partial charge in [-0.3, -0.25) is 4.79 Å². The van der Waals surface area contributed by atoms with E-state index in [4.69, 9.17) is 9.84 Å². The molecule has 0 aromatic heterocycles. The van der Waals surface area contributed by atoms with Crippen molar-refractivity contribution in [3.8, 4) is 0 Å². The Balaban J connectivity index is 2.71. The van der Waals surface area contributed by atoms with Gasteiger partial charge in [-0.05, 0) is 34.5 Å². The van der Waals surface area contributed by atoms with Crippen LogP contribution in [0.25, 0.3) is 0 Å². The maximum atomic E-state index is 11.9. The van der Waals surface area contributed by atoms with Crippen LogP contribution in [0.1, 0.15) is 15.9 Å². The lowest BCUT2D eigenvalue weighted by Crippen LogP contribution is -2.37. The van der Waals surface area contributed by atoms with Crippen molar-refractivity contribution in [3.63, 3.8) is 0 Å². The van der Waals surface area contributed by atoms with Crippen LogP contribution in [0.4, 0.5) is 0 Å². The minimum atomic E-state index is -1.11. The molecule has 1 unspecified atom stereocenters. The van der Waals surface area contributed by atoms with Gasteiger partial charge in [0.05, 0.1) is 12.1 Å². The predicted molar refractivity (Wildman–Crippen MR) is 69.6 cm³/mol. The Morgan fingerprint density at radius 2 is 2.17 bits per heavy atom. The number of aryl methyl sites for hydroxylation is 1. The molecule has 0 spiro atoms. The van der Waals surface area contributed by atoms with Gasteiger partial charge in [-0.1, -0.05) is 12.1 Å². The molecular weight excluding hydrogens is 302 g/mol. The van der Waals surface area contributed by atoms with Crippen LogP contribution in [0.15, 0.2) is 22.7 Å². The molecule has 6 heteroatoms. The molecule has 0 aliphatic rings. The Morgan fingerprint density at radius 3 is 2.72 bits per heavy atom. The van der Waals surface area contributed by atoms with Crippen molar-refractivity contribution in [3.05, 3.63) is 33.8 Å². The van der Waals surface area contributed by atoms with E-state index in [0.29, 0.717) is 10.0 Å². The quantitative estimate of drug-likeness (QED) is 0.865. The van der Waals surface area contributed by atoms with Gasteiger partial charge in [-0.15, -0.1) is 0 Å². The lowest BCUT2D eigenvalue weighted by molar-refractivity contribution is -0.148. The summed E-state index contributed by atoms with van der Waals surface area (Å²) < 4.78 is 5.43. The highest BCUT2D eigenvalue weighted by molar-refractivity contribution is 9.10. The number of rotatable bonds is 5. The molecule has 0 saturated heterocycles. The fourth-order valence-corrected chi connectivity index (χ4v) is 1.82. The van der Waals surface area contributed by atoms with Gasteiger partial charge in [0.2, 0.25) is 0 Å². The van der Waals surface area contributed by atoms with E-state index in [0.717, 1.165) is 5.56 Å². The first kappa shape index (κ1) is 14.7. The van der Waals surface area contributed by atoms with Gasteiger partial charge in [-0.2, -0.15) is 0 Å². The molecular formula is C12H14BrNO4. The number of aliphatic carboxylic acids is 1. The molecule has 5 nitrogen and oxygen atoms in total. The van der Waals surface area contributed by atoms with Crippen LogP contribution in [0.2, 0.25) is 0 Å². The Bertz CT molecular complexity index is 461. The number of ether oxygens (including phenoxy) is 1. The van der Waals surface area contributed by atoms with Crippen LogP contribution in [-0.4, -0.2) is 36.7 Å². The lowest BCUT2D eigenvalue weighted by Gasteiger charge is -2.12. The van der Waals surface area contributed by atoms with Crippen molar-refractivity contribution >= 4 is 27.8 Å². The molecule has 0 saturated carbocycles. The van der Waals surface area contributed by atoms with Crippen LogP contribution in [0.3, 0.4) is 0 Å². The Morgan fingerprint density at radius 1 is 1.50 bits per heavy atom. The third kappa shape index (κ3) is 3.54. The fourth-order valence-electron chi connectivity index (χ4n) is 1.37. The molecule has 2 N–H and O–H groups in total. The summed E-state index contributed by atoms with van der Waals surface area (Å²) in [5.41, 5.74) is 1.40. The average Bonchev–Trinajstić information content (AvgIpc) is 2.32. The maximum Gasteiger partial charge on any atom is 0.334 e. The summed E-state index contributed by atoms with van der Waals surface area (Å²) in [4.78, 5) is 22.6. The van der Waals surface area contributed by atoms with Crippen molar-refractivity contribution < 1.29 is 19.4 Å². The van der Waals surface area contributed by atoms with Gasteiger partial charge in [-0.25, -0.2) is 4.79 Å². The summed E-state index contributed by atoms with van der Waals surface area (Å²) in [6, 6.07) is 5.30. The number of halogens is 1. The van der Waals surface area contributed by atoms with E-state index in [9.17, 15) is 9.59 Å². The highest BCUT2D eigenvalue weighted by Gasteiger charge is 2.18. The number of carboxylic acid groups (broad SMARTS) is 1. The Labute approximate surface area is 113 Å². The molecule has 1 rings (SSSR count). The molecule has 0 aliphatic carbocycles. The summed E-state index contributed by atoms with van der Waals surface area (Å²) in [5, 5.41) is 11.3. The van der Waals surface area contributed by atoms with Gasteiger partial charge >= 0.3 is 5.97 Å². The lowest BCUT2D eigenvalue weighted by atomic mass is 10.1. The van der Waals surface area contributed by atoms with Crippen molar-refractivity contribution in [2.75, 3.05) is 13.7 Å². The van der Waals surface area contributed by atoms with Gasteiger partial charge in [0.1, 0.15) is 0 Å². The topological polar surface area (TPSA) is 75.6 Å². The second-order valence-corrected chi connectivity index (χ2v) is 4.50. The van der Waals surface area contributed by atoms with Crippen LogP contribution < -0.4 is 5.32 Å². The summed E-state index contributed by atoms with van der Waals surface area (Å²) in [5.74, 6) is -1.45. The first-order chi connectivity index (χ1) is 8.47. The minimum absolute atomic E-state index is 0.0783. The van der Waals surface area contributed by atoms with E-state index in [1.54, 1.807) is 12.1 Å². The number of amides is 1. The Kier molecular flexibility index (Phi) is 5.30. The van der Waals surface area contributed by atoms with E-state index >= 15 is 0 Å². The molecule has 0 heterocycles. The second kappa shape index (κ2) is 6.51. The van der Waals surface area contributed by atoms with Crippen molar-refractivity contribution in [1.29, 1.82) is 0 Å². The van der Waals surface area contributed by atoms with E-state index < -0.39 is 12.1 Å². The number of methoxy groups -OCH3 is 1. The van der Waals surface area contributed by atoms with Crippen LogP contribution in [0, 0.1) is 6.92 Å². The molecule has 0 bridgehead atoms. The highest BCUT2D eigenvalue weighted by atomic mass is 79.9. The summed E-state index contributed by atoms with van der Waals surface area (Å²) in [7, 11) is 1.29. The normalized spacial score (nSPS) is 11.9. The number of carbonyl (C=O) groups excluding carboxylic acids is 1. The van der Waals surface area contributed by atoms with E-state index in [1.807, 2.05) is 13.0 Å². The van der Waals surface area contributed by atoms with E-state index in [-0.39, 0.29) is 12.5 Å². The average molecular weight is 316 g/mol. The standard InChI is InChI=1S/C12H14BrNO4/c1-7-4-3-5-8(10(7)13)11(15)14-6-9(18-2)12(16)17/h3-5,9H,6H2,1-2H3,(H,14,15)(H,16,17). The summed E-state index contributed by atoms with van der Waals surface area (Å²) >= 11 is 3.33. The van der Waals surface area contributed by atoms with Crippen LogP contribution in [0.5, 0.6) is 0 Å². The number of carboxylic acids is 1. The predicted octanol–water partition coefficient (Wildman–Crippen LogP) is 1.59. The van der Waals surface area contributed by atoms with Crippen molar-refractivity contribution in [2.45, 2.75) is 13.0 Å². The Hall–Kier alpha value is -1.40. The second-order valence-electron chi connectivity index (χ2n) is 3.71. The zero-order valence-electron chi connectivity index (χ0n) is 10.1. The first-order valence-corrected chi connectivity index (χ1v) is 6.05. The first-order valence-electron chi connectivity index (χ1n) is 5.26. The molecule has 0 fully saturated rings. The van der Waals surface area contributed by atoms with Gasteiger partial charge in [0, 0.05) is 11.6 Å². The van der Waals surface area contributed by atoms with E-state index in [1.165, 1.54) is 7.11 Å². The molecule has 1 aromatic rings. The molecule has 1 aromatic carbocycles. The smallest absolute Gasteiger partial charge is 0.334 e. The molecule has 0 aliphatic heterocycles. The third-order valence-electron chi connectivity index (χ3n) is 2.44. The number of nitrogens with one attached hydrogen (secondary N) is 1. The number of carbonyl (C=O) groups is 2. The third-order valence-corrected chi connectivity index (χ3v) is 3.50. The van der Waals surface area contributed by atoms with Crippen molar-refractivity contribution in [2.24, 2.45) is 0 Å². The number of hydrogen-bond acceptors (Lipinski definition) is 3. The zero-order valence-corrected chi connectivity index (χ0v) is 11.7. The zero-order chi connectivity index (χ0) is 13.7. The van der Waals surface area contributed by atoms with Gasteiger partial charge in [0.25, 0.3) is 5.91 Å². The molecule has 1 amide bonds. The largest absolute Gasteiger partial charge is 0.479 e. The van der Waals surface area contributed by atoms with Crippen molar-refractivity contribution in [1.82, 2.24) is 5.32 Å². The number of hydrogen-bond donors (Lipinski definition) is 2. The summed E-state index contributed by atoms with van der Waals surface area (Å²) in [6.07, 6.45) is -1.04. The molecule has 1 atom stereocenters. The van der Waals surface area contributed by atoms with Gasteiger partial charge in [0.15, 0.2) is 6.10 Å². The van der Waals surface area contributed by atoms with E-state index in [2.05, 4.69) is 21.2 Å². The van der Waals surface area contributed by atoms with Crippen LogP contribution >= 0.6 is 15.9 Å². The maximum absolute atomic E-state index is 11.9. The molecule has 0 radical (unpaired) electrons. The minimum Gasteiger partial charge on any atom is -0.479 e. The highest BCUT2D eigenvalue weighted by Crippen LogP contribution is 2.20. The van der Waals surface area contributed by atoms with Crippen LogP contribution in [-0.2, 0) is 9.53 Å².